The summed E-state index contributed by atoms with van der Waals surface area (Å²) >= 11 is 0. The fourth-order valence-electron chi connectivity index (χ4n) is 0.717. The normalized spacial score (nSPS) is 24.0. The Bertz CT molecular complexity index is 191. The molecule has 1 N–H and O–H groups in total. The van der Waals surface area contributed by atoms with E-state index in [0.717, 1.165) is 5.76 Å². The first-order valence-corrected chi connectivity index (χ1v) is 3.14. The van der Waals surface area contributed by atoms with Crippen LogP contribution in [-0.2, 0) is 9.53 Å². The minimum atomic E-state index is -0.821. The van der Waals surface area contributed by atoms with Gasteiger partial charge in [-0.05, 0) is 19.9 Å². The fourth-order valence-corrected chi connectivity index (χ4v) is 0.717. The Morgan fingerprint density at radius 3 is 2.60 bits per heavy atom. The van der Waals surface area contributed by atoms with Crippen molar-refractivity contribution in [2.75, 3.05) is 0 Å². The topological polar surface area (TPSA) is 49.8 Å². The predicted octanol–water partition coefficient (Wildman–Crippen LogP) is 1.15. The van der Waals surface area contributed by atoms with Gasteiger partial charge in [-0.25, -0.2) is 0 Å². The number of carbonyl (C=O) groups is 1. The van der Waals surface area contributed by atoms with Gasteiger partial charge in [0.2, 0.25) is 0 Å². The molecule has 0 saturated carbocycles. The molecule has 1 saturated heterocycles. The van der Waals surface area contributed by atoms with Crippen LogP contribution in [0.15, 0.2) is 11.8 Å². The lowest BCUT2D eigenvalue weighted by Gasteiger charge is -1.82. The highest BCUT2D eigenvalue weighted by Crippen LogP contribution is 2.39. The SMILES string of the molecule is CC1(C)OC1=CCC(=O)O. The van der Waals surface area contributed by atoms with Crippen LogP contribution >= 0.6 is 0 Å². The Hall–Kier alpha value is -0.990. The van der Waals surface area contributed by atoms with E-state index in [9.17, 15) is 4.79 Å². The summed E-state index contributed by atoms with van der Waals surface area (Å²) in [5, 5.41) is 8.26. The molecular formula is C7H10O3. The molecule has 0 bridgehead atoms. The molecule has 1 aliphatic rings. The van der Waals surface area contributed by atoms with Crippen LogP contribution in [0.25, 0.3) is 0 Å². The predicted molar refractivity (Wildman–Crippen MR) is 35.5 cm³/mol. The van der Waals surface area contributed by atoms with Crippen LogP contribution in [-0.4, -0.2) is 16.7 Å². The maximum absolute atomic E-state index is 10.0. The Morgan fingerprint density at radius 1 is 1.80 bits per heavy atom. The second-order valence-electron chi connectivity index (χ2n) is 2.78. The summed E-state index contributed by atoms with van der Waals surface area (Å²) in [6, 6.07) is 0. The molecule has 1 fully saturated rings. The van der Waals surface area contributed by atoms with E-state index in [1.54, 1.807) is 6.08 Å². The maximum Gasteiger partial charge on any atom is 0.307 e. The highest BCUT2D eigenvalue weighted by molar-refractivity contribution is 5.68. The van der Waals surface area contributed by atoms with E-state index in [-0.39, 0.29) is 12.0 Å². The van der Waals surface area contributed by atoms with Crippen molar-refractivity contribution in [3.05, 3.63) is 11.8 Å². The Kier molecular flexibility index (Phi) is 1.43. The van der Waals surface area contributed by atoms with Gasteiger partial charge in [0, 0.05) is 0 Å². The van der Waals surface area contributed by atoms with Gasteiger partial charge in [-0.1, -0.05) is 0 Å². The monoisotopic (exact) mass is 142 g/mol. The van der Waals surface area contributed by atoms with E-state index in [1.807, 2.05) is 13.8 Å². The Labute approximate surface area is 59.3 Å². The third-order valence-corrected chi connectivity index (χ3v) is 1.38. The number of hydrogen-bond donors (Lipinski definition) is 1. The van der Waals surface area contributed by atoms with Crippen molar-refractivity contribution >= 4 is 5.97 Å². The van der Waals surface area contributed by atoms with Crippen molar-refractivity contribution in [2.45, 2.75) is 25.9 Å². The van der Waals surface area contributed by atoms with E-state index >= 15 is 0 Å². The highest BCUT2D eigenvalue weighted by Gasteiger charge is 2.42. The number of hydrogen-bond acceptors (Lipinski definition) is 2. The smallest absolute Gasteiger partial charge is 0.307 e. The molecule has 3 nitrogen and oxygen atoms in total. The molecular weight excluding hydrogens is 132 g/mol. The van der Waals surface area contributed by atoms with Crippen LogP contribution in [0, 0.1) is 0 Å². The van der Waals surface area contributed by atoms with Crippen LogP contribution in [0.2, 0.25) is 0 Å². The molecule has 0 aromatic carbocycles. The van der Waals surface area contributed by atoms with Gasteiger partial charge in [0.15, 0.2) is 5.60 Å². The van der Waals surface area contributed by atoms with Gasteiger partial charge in [-0.2, -0.15) is 0 Å². The zero-order chi connectivity index (χ0) is 7.78. The van der Waals surface area contributed by atoms with Crippen molar-refractivity contribution in [2.24, 2.45) is 0 Å². The largest absolute Gasteiger partial charge is 0.481 e. The molecule has 56 valence electrons. The van der Waals surface area contributed by atoms with Crippen LogP contribution in [0.1, 0.15) is 20.3 Å². The van der Waals surface area contributed by atoms with Crippen molar-refractivity contribution in [1.82, 2.24) is 0 Å². The van der Waals surface area contributed by atoms with Crippen LogP contribution in [0.5, 0.6) is 0 Å². The quantitative estimate of drug-likeness (QED) is 0.588. The molecule has 0 aromatic heterocycles. The van der Waals surface area contributed by atoms with Gasteiger partial charge in [0.1, 0.15) is 5.76 Å². The lowest BCUT2D eigenvalue weighted by atomic mass is 10.2. The summed E-state index contributed by atoms with van der Waals surface area (Å²) in [4.78, 5) is 10.0. The minimum absolute atomic E-state index is 0.0543. The molecule has 0 amide bonds. The lowest BCUT2D eigenvalue weighted by Crippen LogP contribution is -1.93. The second kappa shape index (κ2) is 2.01. The van der Waals surface area contributed by atoms with Crippen molar-refractivity contribution in [1.29, 1.82) is 0 Å². The first kappa shape index (κ1) is 7.12. The van der Waals surface area contributed by atoms with E-state index in [1.165, 1.54) is 0 Å². The van der Waals surface area contributed by atoms with E-state index < -0.39 is 5.97 Å². The van der Waals surface area contributed by atoms with E-state index in [4.69, 9.17) is 9.84 Å². The van der Waals surface area contributed by atoms with Gasteiger partial charge < -0.3 is 9.84 Å². The zero-order valence-corrected chi connectivity index (χ0v) is 6.05. The average Bonchev–Trinajstić information content (AvgIpc) is 2.35. The number of epoxide rings is 1. The third kappa shape index (κ3) is 1.50. The van der Waals surface area contributed by atoms with Crippen molar-refractivity contribution < 1.29 is 14.6 Å². The van der Waals surface area contributed by atoms with Crippen LogP contribution in [0.3, 0.4) is 0 Å². The molecule has 3 heteroatoms. The Balaban J connectivity index is 2.39. The van der Waals surface area contributed by atoms with Gasteiger partial charge in [0.05, 0.1) is 6.42 Å². The fraction of sp³-hybridized carbons (Fsp3) is 0.571. The van der Waals surface area contributed by atoms with Crippen molar-refractivity contribution in [3.8, 4) is 0 Å². The first-order chi connectivity index (χ1) is 4.52. The van der Waals surface area contributed by atoms with Gasteiger partial charge >= 0.3 is 5.97 Å². The van der Waals surface area contributed by atoms with Crippen LogP contribution < -0.4 is 0 Å². The summed E-state index contributed by atoms with van der Waals surface area (Å²) in [6.45, 7) is 3.81. The number of aliphatic carboxylic acids is 1. The molecule has 0 radical (unpaired) electrons. The van der Waals surface area contributed by atoms with E-state index in [2.05, 4.69) is 0 Å². The highest BCUT2D eigenvalue weighted by atomic mass is 16.6. The summed E-state index contributed by atoms with van der Waals surface area (Å²) < 4.78 is 5.05. The molecule has 10 heavy (non-hydrogen) atoms. The lowest BCUT2D eigenvalue weighted by molar-refractivity contribution is -0.136. The summed E-state index contributed by atoms with van der Waals surface area (Å²) in [5.41, 5.74) is -0.199. The standard InChI is InChI=1S/C7H10O3/c1-7(2)5(10-7)3-4-6(8)9/h3H,4H2,1-2H3,(H,8,9). The van der Waals surface area contributed by atoms with Crippen LogP contribution in [0.4, 0.5) is 0 Å². The van der Waals surface area contributed by atoms with E-state index in [0.29, 0.717) is 0 Å². The second-order valence-corrected chi connectivity index (χ2v) is 2.78. The van der Waals surface area contributed by atoms with Gasteiger partial charge in [0.25, 0.3) is 0 Å². The number of rotatable bonds is 2. The first-order valence-electron chi connectivity index (χ1n) is 3.14. The van der Waals surface area contributed by atoms with Gasteiger partial charge in [-0.3, -0.25) is 4.79 Å². The number of ether oxygens (including phenoxy) is 1. The summed E-state index contributed by atoms with van der Waals surface area (Å²) in [5.74, 6) is -0.0336. The molecule has 0 aromatic rings. The molecule has 0 unspecified atom stereocenters. The Morgan fingerprint density at radius 2 is 2.30 bits per heavy atom. The number of carboxylic acids is 1. The summed E-state index contributed by atoms with van der Waals surface area (Å²) in [6.07, 6.45) is 1.65. The molecule has 1 heterocycles. The van der Waals surface area contributed by atoms with Gasteiger partial charge in [-0.15, -0.1) is 0 Å². The molecule has 0 aliphatic carbocycles. The maximum atomic E-state index is 10.0. The minimum Gasteiger partial charge on any atom is -0.481 e. The average molecular weight is 142 g/mol. The molecule has 1 rings (SSSR count). The molecule has 0 atom stereocenters. The zero-order valence-electron chi connectivity index (χ0n) is 6.05. The van der Waals surface area contributed by atoms with Crippen molar-refractivity contribution in [3.63, 3.8) is 0 Å². The molecule has 1 aliphatic heterocycles. The number of carboxylic acid groups (broad SMARTS) is 1. The molecule has 0 spiro atoms. The summed E-state index contributed by atoms with van der Waals surface area (Å²) in [7, 11) is 0. The third-order valence-electron chi connectivity index (χ3n) is 1.38.